The molecule has 1 aliphatic heterocycles. The predicted molar refractivity (Wildman–Crippen MR) is 112 cm³/mol. The van der Waals surface area contributed by atoms with Crippen LogP contribution in [0.2, 0.25) is 0 Å². The number of morpholine rings is 1. The second-order valence-corrected chi connectivity index (χ2v) is 7.33. The molecular weight excluding hydrogens is 388 g/mol. The fraction of sp³-hybridized carbons (Fsp3) is 0.524. The van der Waals surface area contributed by atoms with Gasteiger partial charge in [-0.05, 0) is 26.0 Å². The number of ether oxygens (including phenoxy) is 4. The van der Waals surface area contributed by atoms with Crippen LogP contribution in [-0.2, 0) is 22.6 Å². The van der Waals surface area contributed by atoms with E-state index in [9.17, 15) is 4.79 Å². The zero-order valence-electron chi connectivity index (χ0n) is 18.2. The average molecular weight is 418 g/mol. The minimum absolute atomic E-state index is 0.0354. The zero-order chi connectivity index (χ0) is 21.7. The highest BCUT2D eigenvalue weighted by Gasteiger charge is 2.26. The maximum Gasteiger partial charge on any atom is 0.244 e. The summed E-state index contributed by atoms with van der Waals surface area (Å²) >= 11 is 0. The van der Waals surface area contributed by atoms with Crippen LogP contribution in [0.5, 0.6) is 17.2 Å². The highest BCUT2D eigenvalue weighted by Crippen LogP contribution is 2.39. The fourth-order valence-electron chi connectivity index (χ4n) is 3.66. The van der Waals surface area contributed by atoms with E-state index in [2.05, 4.69) is 10.4 Å². The maximum atomic E-state index is 12.6. The molecule has 0 spiro atoms. The van der Waals surface area contributed by atoms with Crippen LogP contribution in [0.15, 0.2) is 24.5 Å². The number of rotatable bonds is 8. The third-order valence-electron chi connectivity index (χ3n) is 4.97. The summed E-state index contributed by atoms with van der Waals surface area (Å²) in [5.41, 5.74) is 1.72. The Kier molecular flexibility index (Phi) is 7.04. The molecule has 2 heterocycles. The molecule has 1 N–H and O–H groups in total. The van der Waals surface area contributed by atoms with Crippen molar-refractivity contribution in [1.82, 2.24) is 14.7 Å². The third kappa shape index (κ3) is 4.96. The summed E-state index contributed by atoms with van der Waals surface area (Å²) < 4.78 is 23.6. The quantitative estimate of drug-likeness (QED) is 0.703. The van der Waals surface area contributed by atoms with Crippen molar-refractivity contribution in [3.05, 3.63) is 30.1 Å². The number of nitrogens with one attached hydrogen (secondary N) is 1. The van der Waals surface area contributed by atoms with Gasteiger partial charge in [0.2, 0.25) is 11.7 Å². The Labute approximate surface area is 176 Å². The van der Waals surface area contributed by atoms with Gasteiger partial charge in [0.05, 0.1) is 45.4 Å². The Bertz CT molecular complexity index is 859. The minimum Gasteiger partial charge on any atom is -0.493 e. The molecule has 1 aromatic heterocycles. The molecule has 0 unspecified atom stereocenters. The Morgan fingerprint density at radius 1 is 1.13 bits per heavy atom. The highest BCUT2D eigenvalue weighted by molar-refractivity contribution is 5.76. The van der Waals surface area contributed by atoms with Gasteiger partial charge in [-0.15, -0.1) is 0 Å². The van der Waals surface area contributed by atoms with Gasteiger partial charge in [0.15, 0.2) is 11.5 Å². The molecule has 0 aliphatic carbocycles. The second-order valence-electron chi connectivity index (χ2n) is 7.33. The summed E-state index contributed by atoms with van der Waals surface area (Å²) in [5.74, 6) is 1.81. The molecular formula is C21H30N4O5. The average Bonchev–Trinajstić information content (AvgIpc) is 3.17. The van der Waals surface area contributed by atoms with Crippen molar-refractivity contribution >= 4 is 11.6 Å². The fourth-order valence-corrected chi connectivity index (χ4v) is 3.66. The Morgan fingerprint density at radius 3 is 2.47 bits per heavy atom. The number of benzene rings is 1. The lowest BCUT2D eigenvalue weighted by molar-refractivity contribution is -0.144. The van der Waals surface area contributed by atoms with E-state index in [0.717, 1.165) is 11.3 Å². The van der Waals surface area contributed by atoms with E-state index in [-0.39, 0.29) is 24.7 Å². The lowest BCUT2D eigenvalue weighted by Gasteiger charge is -2.35. The number of carbonyl (C=O) groups excluding carboxylic acids is 1. The summed E-state index contributed by atoms with van der Waals surface area (Å²) in [6.07, 6.45) is 3.61. The van der Waals surface area contributed by atoms with Gasteiger partial charge in [-0.2, -0.15) is 5.10 Å². The first-order chi connectivity index (χ1) is 14.4. The number of anilines is 1. The van der Waals surface area contributed by atoms with E-state index in [4.69, 9.17) is 18.9 Å². The van der Waals surface area contributed by atoms with Crippen LogP contribution in [-0.4, -0.2) is 67.2 Å². The molecule has 1 amide bonds. The van der Waals surface area contributed by atoms with Gasteiger partial charge >= 0.3 is 0 Å². The number of amides is 1. The largest absolute Gasteiger partial charge is 0.493 e. The van der Waals surface area contributed by atoms with Crippen molar-refractivity contribution < 1.29 is 23.7 Å². The molecule has 1 fully saturated rings. The van der Waals surface area contributed by atoms with Crippen LogP contribution in [0.25, 0.3) is 0 Å². The van der Waals surface area contributed by atoms with Gasteiger partial charge in [-0.1, -0.05) is 0 Å². The van der Waals surface area contributed by atoms with Crippen molar-refractivity contribution in [2.75, 3.05) is 39.7 Å². The third-order valence-corrected chi connectivity index (χ3v) is 4.97. The molecule has 2 atom stereocenters. The summed E-state index contributed by atoms with van der Waals surface area (Å²) in [6.45, 7) is 5.87. The monoisotopic (exact) mass is 418 g/mol. The Hall–Kier alpha value is -2.94. The maximum absolute atomic E-state index is 12.6. The smallest absolute Gasteiger partial charge is 0.244 e. The van der Waals surface area contributed by atoms with Gasteiger partial charge in [-0.3, -0.25) is 9.48 Å². The van der Waals surface area contributed by atoms with Gasteiger partial charge < -0.3 is 29.2 Å². The molecule has 0 radical (unpaired) electrons. The summed E-state index contributed by atoms with van der Waals surface area (Å²) in [5, 5.41) is 7.61. The van der Waals surface area contributed by atoms with E-state index in [1.165, 1.54) is 0 Å². The lowest BCUT2D eigenvalue weighted by atomic mass is 10.1. The van der Waals surface area contributed by atoms with Crippen LogP contribution < -0.4 is 19.5 Å². The number of hydrogen-bond donors (Lipinski definition) is 1. The number of methoxy groups -OCH3 is 3. The number of nitrogens with zero attached hydrogens (tertiary/aromatic N) is 3. The predicted octanol–water partition coefficient (Wildman–Crippen LogP) is 2.16. The number of carbonyl (C=O) groups is 1. The molecule has 164 valence electrons. The zero-order valence-corrected chi connectivity index (χ0v) is 18.2. The molecule has 1 saturated heterocycles. The lowest BCUT2D eigenvalue weighted by Crippen LogP contribution is -2.49. The van der Waals surface area contributed by atoms with Gasteiger partial charge in [0, 0.05) is 31.4 Å². The Morgan fingerprint density at radius 2 is 1.83 bits per heavy atom. The molecule has 9 nitrogen and oxygen atoms in total. The Balaban J connectivity index is 1.62. The van der Waals surface area contributed by atoms with Gasteiger partial charge in [-0.25, -0.2) is 0 Å². The molecule has 0 saturated carbocycles. The van der Waals surface area contributed by atoms with Crippen LogP contribution in [0.3, 0.4) is 0 Å². The molecule has 9 heteroatoms. The van der Waals surface area contributed by atoms with Crippen LogP contribution in [0.4, 0.5) is 5.69 Å². The van der Waals surface area contributed by atoms with E-state index in [1.54, 1.807) is 32.2 Å². The van der Waals surface area contributed by atoms with Crippen molar-refractivity contribution in [3.63, 3.8) is 0 Å². The molecule has 1 aromatic carbocycles. The number of aromatic nitrogens is 2. The molecule has 1 aliphatic rings. The first-order valence-corrected chi connectivity index (χ1v) is 9.92. The SMILES string of the molecule is COc1ccc(CNc2cnn(CC(=O)N3C[C@@H](C)O[C@H](C)C3)c2)c(OC)c1OC. The summed E-state index contributed by atoms with van der Waals surface area (Å²) in [6, 6.07) is 3.76. The normalized spacial score (nSPS) is 18.8. The molecule has 0 bridgehead atoms. The van der Waals surface area contributed by atoms with E-state index in [0.29, 0.717) is 36.9 Å². The molecule has 30 heavy (non-hydrogen) atoms. The van der Waals surface area contributed by atoms with Crippen molar-refractivity contribution in [1.29, 1.82) is 0 Å². The van der Waals surface area contributed by atoms with Crippen LogP contribution in [0.1, 0.15) is 19.4 Å². The standard InChI is InChI=1S/C21H30N4O5/c1-14-10-24(11-15(2)30-14)19(26)13-25-12-17(9-23-25)22-8-16-6-7-18(27-3)21(29-5)20(16)28-4/h6-7,9,12,14-15,22H,8,10-11,13H2,1-5H3/t14-,15-/m1/s1. The summed E-state index contributed by atoms with van der Waals surface area (Å²) in [7, 11) is 4.76. The topological polar surface area (TPSA) is 87.1 Å². The highest BCUT2D eigenvalue weighted by atomic mass is 16.5. The van der Waals surface area contributed by atoms with Crippen LogP contribution in [0, 0.1) is 0 Å². The second kappa shape index (κ2) is 9.71. The molecule has 3 rings (SSSR count). The van der Waals surface area contributed by atoms with E-state index in [1.807, 2.05) is 37.1 Å². The van der Waals surface area contributed by atoms with Crippen molar-refractivity contribution in [2.24, 2.45) is 0 Å². The first-order valence-electron chi connectivity index (χ1n) is 9.92. The van der Waals surface area contributed by atoms with Crippen molar-refractivity contribution in [2.45, 2.75) is 39.1 Å². The van der Waals surface area contributed by atoms with E-state index >= 15 is 0 Å². The number of hydrogen-bond acceptors (Lipinski definition) is 7. The van der Waals surface area contributed by atoms with Gasteiger partial charge in [0.1, 0.15) is 6.54 Å². The minimum atomic E-state index is 0.0354. The van der Waals surface area contributed by atoms with Gasteiger partial charge in [0.25, 0.3) is 0 Å². The van der Waals surface area contributed by atoms with Crippen molar-refractivity contribution in [3.8, 4) is 17.2 Å². The summed E-state index contributed by atoms with van der Waals surface area (Å²) in [4.78, 5) is 14.4. The van der Waals surface area contributed by atoms with E-state index < -0.39 is 0 Å². The first kappa shape index (κ1) is 21.8. The molecule has 2 aromatic rings. The van der Waals surface area contributed by atoms with Crippen LogP contribution >= 0.6 is 0 Å².